The first-order valence-electron chi connectivity index (χ1n) is 12.2. The van der Waals surface area contributed by atoms with Crippen LogP contribution in [0.15, 0.2) is 124 Å². The van der Waals surface area contributed by atoms with Gasteiger partial charge >= 0.3 is 0 Å². The molecule has 0 fully saturated rings. The number of hydrogen-bond donors (Lipinski definition) is 0. The van der Waals surface area contributed by atoms with Gasteiger partial charge in [0.25, 0.3) is 0 Å². The summed E-state index contributed by atoms with van der Waals surface area (Å²) in [5.74, 6) is 0. The molecule has 37 heavy (non-hydrogen) atoms. The molecule has 0 spiro atoms. The van der Waals surface area contributed by atoms with Crippen LogP contribution in [0.25, 0.3) is 54.9 Å². The lowest BCUT2D eigenvalue weighted by Gasteiger charge is -2.26. The molecule has 0 radical (unpaired) electrons. The minimum atomic E-state index is 0.781. The Morgan fingerprint density at radius 3 is 1.95 bits per heavy atom. The van der Waals surface area contributed by atoms with Gasteiger partial charge in [0.2, 0.25) is 0 Å². The molecule has 0 bridgehead atoms. The summed E-state index contributed by atoms with van der Waals surface area (Å²) in [6, 6.07) is 35.2. The third kappa shape index (κ3) is 3.11. The van der Waals surface area contributed by atoms with Gasteiger partial charge in [0.15, 0.2) is 11.2 Å². The van der Waals surface area contributed by atoms with Crippen molar-refractivity contribution in [3.63, 3.8) is 0 Å². The summed E-state index contributed by atoms with van der Waals surface area (Å²) < 4.78 is 12.2. The lowest BCUT2D eigenvalue weighted by atomic mass is 10.1. The van der Waals surface area contributed by atoms with Gasteiger partial charge in [-0.3, -0.25) is 9.97 Å². The van der Waals surface area contributed by atoms with E-state index in [-0.39, 0.29) is 0 Å². The van der Waals surface area contributed by atoms with E-state index < -0.39 is 0 Å². The average Bonchev–Trinajstić information content (AvgIpc) is 3.51. The van der Waals surface area contributed by atoms with Crippen LogP contribution in [0, 0.1) is 0 Å². The van der Waals surface area contributed by atoms with Crippen molar-refractivity contribution in [2.45, 2.75) is 0 Å². The fourth-order valence-corrected chi connectivity index (χ4v) is 5.21. The summed E-state index contributed by atoms with van der Waals surface area (Å²) in [6.07, 6.45) is 3.60. The maximum Gasteiger partial charge on any atom is 0.153 e. The lowest BCUT2D eigenvalue weighted by Crippen LogP contribution is -2.09. The molecule has 8 aromatic rings. The molecule has 0 aliphatic rings. The van der Waals surface area contributed by atoms with Crippen molar-refractivity contribution < 1.29 is 8.83 Å². The fourth-order valence-electron chi connectivity index (χ4n) is 5.21. The van der Waals surface area contributed by atoms with Gasteiger partial charge in [0.1, 0.15) is 22.2 Å². The smallest absolute Gasteiger partial charge is 0.153 e. The standard InChI is InChI=1S/C32H19N3O2/c1-2-6-21-17-22(10-9-20(21)5-1)35(23-12-14-27-26(18-23)32-29(36-27)8-4-16-34-32)24-11-13-25-30(19-24)37-28-7-3-15-33-31(25)28/h1-19H. The van der Waals surface area contributed by atoms with Crippen LogP contribution in [0.2, 0.25) is 0 Å². The van der Waals surface area contributed by atoms with Gasteiger partial charge in [-0.2, -0.15) is 0 Å². The van der Waals surface area contributed by atoms with Crippen LogP contribution < -0.4 is 4.90 Å². The SMILES string of the molecule is c1ccc2cc(N(c3ccc4c(c3)oc3cccnc34)c3ccc4oc5cccnc5c4c3)ccc2c1. The molecule has 0 N–H and O–H groups in total. The number of aromatic nitrogens is 2. The van der Waals surface area contributed by atoms with Crippen molar-refractivity contribution in [2.24, 2.45) is 0 Å². The van der Waals surface area contributed by atoms with Gasteiger partial charge in [0, 0.05) is 46.3 Å². The van der Waals surface area contributed by atoms with Crippen LogP contribution in [-0.4, -0.2) is 9.97 Å². The highest BCUT2D eigenvalue weighted by atomic mass is 16.3. The van der Waals surface area contributed by atoms with E-state index in [1.807, 2.05) is 30.3 Å². The highest BCUT2D eigenvalue weighted by Gasteiger charge is 2.18. The van der Waals surface area contributed by atoms with E-state index in [1.165, 1.54) is 10.8 Å². The first kappa shape index (κ1) is 20.1. The van der Waals surface area contributed by atoms with E-state index >= 15 is 0 Å². The molecular formula is C32H19N3O2. The predicted octanol–water partition coefficient (Wildman–Crippen LogP) is 8.90. The lowest BCUT2D eigenvalue weighted by molar-refractivity contribution is 0.667. The molecule has 5 heteroatoms. The molecule has 4 aromatic heterocycles. The Balaban J connectivity index is 1.38. The molecule has 8 rings (SSSR count). The number of anilines is 3. The fraction of sp³-hybridized carbons (Fsp3) is 0. The topological polar surface area (TPSA) is 55.3 Å². The Morgan fingerprint density at radius 2 is 1.11 bits per heavy atom. The highest BCUT2D eigenvalue weighted by molar-refractivity contribution is 6.06. The molecule has 0 saturated heterocycles. The van der Waals surface area contributed by atoms with Gasteiger partial charge in [-0.25, -0.2) is 0 Å². The third-order valence-corrected chi connectivity index (χ3v) is 6.93. The normalized spacial score (nSPS) is 11.8. The van der Waals surface area contributed by atoms with E-state index in [1.54, 1.807) is 12.4 Å². The summed E-state index contributed by atoms with van der Waals surface area (Å²) in [5, 5.41) is 4.35. The monoisotopic (exact) mass is 477 g/mol. The Bertz CT molecular complexity index is 2120. The minimum absolute atomic E-state index is 0.781. The van der Waals surface area contributed by atoms with E-state index in [0.717, 1.165) is 61.2 Å². The maximum atomic E-state index is 6.19. The zero-order valence-electron chi connectivity index (χ0n) is 19.6. The number of benzene rings is 4. The Hall–Kier alpha value is -5.16. The van der Waals surface area contributed by atoms with Crippen molar-refractivity contribution in [3.05, 3.63) is 116 Å². The Labute approximate surface area is 211 Å². The average molecular weight is 478 g/mol. The van der Waals surface area contributed by atoms with E-state index in [0.29, 0.717) is 0 Å². The molecule has 0 aliphatic heterocycles. The van der Waals surface area contributed by atoms with E-state index in [4.69, 9.17) is 8.83 Å². The van der Waals surface area contributed by atoms with Crippen LogP contribution in [0.5, 0.6) is 0 Å². The molecule has 0 amide bonds. The molecule has 0 saturated carbocycles. The zero-order chi connectivity index (χ0) is 24.3. The predicted molar refractivity (Wildman–Crippen MR) is 149 cm³/mol. The number of pyridine rings is 2. The molecule has 5 nitrogen and oxygen atoms in total. The van der Waals surface area contributed by atoms with Crippen LogP contribution >= 0.6 is 0 Å². The van der Waals surface area contributed by atoms with Crippen molar-refractivity contribution in [2.75, 3.05) is 4.90 Å². The number of nitrogens with zero attached hydrogens (tertiary/aromatic N) is 3. The number of hydrogen-bond acceptors (Lipinski definition) is 5. The van der Waals surface area contributed by atoms with Crippen molar-refractivity contribution >= 4 is 72.0 Å². The van der Waals surface area contributed by atoms with Crippen LogP contribution in [0.4, 0.5) is 17.1 Å². The second-order valence-corrected chi connectivity index (χ2v) is 9.13. The largest absolute Gasteiger partial charge is 0.454 e. The summed E-state index contributed by atoms with van der Waals surface area (Å²) in [5.41, 5.74) is 7.95. The second-order valence-electron chi connectivity index (χ2n) is 9.13. The summed E-state index contributed by atoms with van der Waals surface area (Å²) in [7, 11) is 0. The van der Waals surface area contributed by atoms with Crippen molar-refractivity contribution in [3.8, 4) is 0 Å². The summed E-state index contributed by atoms with van der Waals surface area (Å²) >= 11 is 0. The first-order chi connectivity index (χ1) is 18.3. The van der Waals surface area contributed by atoms with Crippen molar-refractivity contribution in [1.82, 2.24) is 9.97 Å². The van der Waals surface area contributed by atoms with Crippen LogP contribution in [0.3, 0.4) is 0 Å². The third-order valence-electron chi connectivity index (χ3n) is 6.93. The van der Waals surface area contributed by atoms with E-state index in [9.17, 15) is 0 Å². The Morgan fingerprint density at radius 1 is 0.459 bits per heavy atom. The number of rotatable bonds is 3. The van der Waals surface area contributed by atoms with Crippen LogP contribution in [-0.2, 0) is 0 Å². The first-order valence-corrected chi connectivity index (χ1v) is 12.2. The van der Waals surface area contributed by atoms with Gasteiger partial charge in [-0.15, -0.1) is 0 Å². The van der Waals surface area contributed by atoms with Gasteiger partial charge in [-0.1, -0.05) is 30.3 Å². The van der Waals surface area contributed by atoms with Crippen LogP contribution in [0.1, 0.15) is 0 Å². The quantitative estimate of drug-likeness (QED) is 0.254. The maximum absolute atomic E-state index is 6.19. The summed E-state index contributed by atoms with van der Waals surface area (Å²) in [4.78, 5) is 11.4. The molecule has 4 heterocycles. The second kappa shape index (κ2) is 7.67. The molecule has 0 atom stereocenters. The summed E-state index contributed by atoms with van der Waals surface area (Å²) in [6.45, 7) is 0. The number of fused-ring (bicyclic) bond motifs is 7. The number of furan rings is 2. The molecule has 0 aliphatic carbocycles. The van der Waals surface area contributed by atoms with Gasteiger partial charge in [-0.05, 0) is 77.5 Å². The molecule has 4 aromatic carbocycles. The molecule has 0 unspecified atom stereocenters. The highest BCUT2D eigenvalue weighted by Crippen LogP contribution is 2.41. The zero-order valence-corrected chi connectivity index (χ0v) is 19.6. The molecule has 174 valence electrons. The minimum Gasteiger partial charge on any atom is -0.454 e. The van der Waals surface area contributed by atoms with E-state index in [2.05, 4.69) is 87.7 Å². The van der Waals surface area contributed by atoms with Crippen molar-refractivity contribution in [1.29, 1.82) is 0 Å². The van der Waals surface area contributed by atoms with Gasteiger partial charge < -0.3 is 13.7 Å². The molecular weight excluding hydrogens is 458 g/mol. The van der Waals surface area contributed by atoms with Gasteiger partial charge in [0.05, 0.1) is 0 Å². The Kier molecular flexibility index (Phi) is 4.16.